The Morgan fingerprint density at radius 1 is 1.10 bits per heavy atom. The molecule has 0 aliphatic heterocycles. The van der Waals surface area contributed by atoms with Crippen molar-refractivity contribution in [1.82, 2.24) is 4.13 Å². The molecular formula is C12H23NO4S3. The van der Waals surface area contributed by atoms with Crippen molar-refractivity contribution in [3.05, 3.63) is 0 Å². The average molecular weight is 342 g/mol. The Morgan fingerprint density at radius 3 is 2.15 bits per heavy atom. The Labute approximate surface area is 126 Å². The molecule has 2 aliphatic carbocycles. The summed E-state index contributed by atoms with van der Waals surface area (Å²) in [7, 11) is -7.48. The van der Waals surface area contributed by atoms with Gasteiger partial charge < -0.3 is 0 Å². The molecule has 0 atom stereocenters. The molecular weight excluding hydrogens is 318 g/mol. The van der Waals surface area contributed by atoms with Gasteiger partial charge in [-0.3, -0.25) is 0 Å². The SMILES string of the molecule is CSCCS(=O)(=O)NS(=O)(=O)C1CCC2(CCC2)CC1. The highest BCUT2D eigenvalue weighted by Crippen LogP contribution is 2.52. The number of nitrogens with one attached hydrogen (secondary N) is 1. The number of hydrogen-bond acceptors (Lipinski definition) is 5. The highest BCUT2D eigenvalue weighted by molar-refractivity contribution is 8.05. The van der Waals surface area contributed by atoms with Crippen LogP contribution in [0.1, 0.15) is 44.9 Å². The van der Waals surface area contributed by atoms with E-state index in [0.717, 1.165) is 12.8 Å². The maximum Gasteiger partial charge on any atom is 0.227 e. The molecule has 0 amide bonds. The van der Waals surface area contributed by atoms with Crippen LogP contribution in [-0.2, 0) is 20.0 Å². The van der Waals surface area contributed by atoms with Crippen LogP contribution in [0, 0.1) is 5.41 Å². The van der Waals surface area contributed by atoms with Crippen molar-refractivity contribution in [2.75, 3.05) is 17.8 Å². The van der Waals surface area contributed by atoms with Crippen LogP contribution in [0.15, 0.2) is 0 Å². The van der Waals surface area contributed by atoms with Gasteiger partial charge in [0.1, 0.15) is 0 Å². The molecule has 0 aromatic carbocycles. The van der Waals surface area contributed by atoms with Crippen LogP contribution in [0.5, 0.6) is 0 Å². The molecule has 2 saturated carbocycles. The van der Waals surface area contributed by atoms with E-state index in [1.807, 2.05) is 4.13 Å². The molecule has 0 bridgehead atoms. The summed E-state index contributed by atoms with van der Waals surface area (Å²) in [4.78, 5) is 0. The fourth-order valence-electron chi connectivity index (χ4n) is 3.17. The van der Waals surface area contributed by atoms with Gasteiger partial charge in [-0.1, -0.05) is 6.42 Å². The van der Waals surface area contributed by atoms with Crippen LogP contribution in [0.25, 0.3) is 0 Å². The molecule has 20 heavy (non-hydrogen) atoms. The van der Waals surface area contributed by atoms with Crippen molar-refractivity contribution in [2.24, 2.45) is 5.41 Å². The lowest BCUT2D eigenvalue weighted by molar-refractivity contribution is 0.0786. The molecule has 2 rings (SSSR count). The largest absolute Gasteiger partial charge is 0.227 e. The average Bonchev–Trinajstić information content (AvgIpc) is 2.33. The number of sulfonamides is 2. The minimum absolute atomic E-state index is 0.149. The Kier molecular flexibility index (Phi) is 5.09. The third kappa shape index (κ3) is 3.90. The quantitative estimate of drug-likeness (QED) is 0.795. The van der Waals surface area contributed by atoms with Crippen molar-refractivity contribution in [3.63, 3.8) is 0 Å². The van der Waals surface area contributed by atoms with E-state index in [1.54, 1.807) is 6.26 Å². The van der Waals surface area contributed by atoms with E-state index in [0.29, 0.717) is 24.0 Å². The zero-order chi connectivity index (χ0) is 14.9. The second-order valence-electron chi connectivity index (χ2n) is 5.99. The summed E-state index contributed by atoms with van der Waals surface area (Å²) in [6.45, 7) is 0. The molecule has 0 radical (unpaired) electrons. The predicted octanol–water partition coefficient (Wildman–Crippen LogP) is 1.71. The first-order chi connectivity index (χ1) is 9.29. The first kappa shape index (κ1) is 16.6. The van der Waals surface area contributed by atoms with E-state index in [2.05, 4.69) is 0 Å². The van der Waals surface area contributed by atoms with E-state index in [1.165, 1.54) is 31.0 Å². The van der Waals surface area contributed by atoms with Gasteiger partial charge in [0.25, 0.3) is 0 Å². The van der Waals surface area contributed by atoms with Crippen molar-refractivity contribution in [3.8, 4) is 0 Å². The number of rotatable bonds is 6. The number of thioether (sulfide) groups is 1. The van der Waals surface area contributed by atoms with E-state index in [-0.39, 0.29) is 5.75 Å². The Balaban J connectivity index is 1.94. The lowest BCUT2D eigenvalue weighted by Gasteiger charge is -2.46. The van der Waals surface area contributed by atoms with Gasteiger partial charge in [0.2, 0.25) is 20.0 Å². The number of hydrogen-bond donors (Lipinski definition) is 1. The highest BCUT2D eigenvalue weighted by Gasteiger charge is 2.43. The van der Waals surface area contributed by atoms with Crippen LogP contribution in [-0.4, -0.2) is 39.8 Å². The van der Waals surface area contributed by atoms with Crippen LogP contribution in [0.2, 0.25) is 0 Å². The zero-order valence-corrected chi connectivity index (χ0v) is 14.2. The van der Waals surface area contributed by atoms with E-state index in [4.69, 9.17) is 0 Å². The normalized spacial score (nSPS) is 23.6. The van der Waals surface area contributed by atoms with Gasteiger partial charge in [-0.05, 0) is 50.2 Å². The topological polar surface area (TPSA) is 80.3 Å². The molecule has 0 aromatic heterocycles. The Bertz CT molecular complexity index is 527. The van der Waals surface area contributed by atoms with E-state index < -0.39 is 25.3 Å². The van der Waals surface area contributed by atoms with Crippen LogP contribution in [0.3, 0.4) is 0 Å². The predicted molar refractivity (Wildman–Crippen MR) is 82.8 cm³/mol. The maximum absolute atomic E-state index is 12.2. The van der Waals surface area contributed by atoms with Gasteiger partial charge in [0.15, 0.2) is 0 Å². The standard InChI is InChI=1S/C12H23NO4S3/c1-18-9-10-19(14,15)13-20(16,17)11-3-7-12(8-4-11)5-2-6-12/h11,13H,2-10H2,1H3. The van der Waals surface area contributed by atoms with Crippen molar-refractivity contribution in [1.29, 1.82) is 0 Å². The first-order valence-electron chi connectivity index (χ1n) is 7.03. The zero-order valence-electron chi connectivity index (χ0n) is 11.8. The van der Waals surface area contributed by atoms with E-state index >= 15 is 0 Å². The molecule has 118 valence electrons. The van der Waals surface area contributed by atoms with Gasteiger partial charge in [0.05, 0.1) is 11.0 Å². The van der Waals surface area contributed by atoms with E-state index in [9.17, 15) is 16.8 Å². The van der Waals surface area contributed by atoms with Crippen molar-refractivity contribution < 1.29 is 16.8 Å². The molecule has 2 fully saturated rings. The molecule has 5 nitrogen and oxygen atoms in total. The molecule has 0 heterocycles. The molecule has 0 unspecified atom stereocenters. The lowest BCUT2D eigenvalue weighted by Crippen LogP contribution is -2.44. The van der Waals surface area contributed by atoms with Crippen LogP contribution in [0.4, 0.5) is 0 Å². The van der Waals surface area contributed by atoms with Crippen molar-refractivity contribution in [2.45, 2.75) is 50.2 Å². The summed E-state index contributed by atoms with van der Waals surface area (Å²) >= 11 is 1.39. The Hall–Kier alpha value is 0.210. The maximum atomic E-state index is 12.2. The van der Waals surface area contributed by atoms with Gasteiger partial charge >= 0.3 is 0 Å². The molecule has 0 aromatic rings. The third-order valence-electron chi connectivity index (χ3n) is 4.65. The minimum atomic E-state index is -3.75. The fraction of sp³-hybridized carbons (Fsp3) is 1.00. The third-order valence-corrected chi connectivity index (χ3v) is 9.55. The molecule has 1 N–H and O–H groups in total. The highest BCUT2D eigenvalue weighted by atomic mass is 32.3. The van der Waals surface area contributed by atoms with Gasteiger partial charge in [-0.15, -0.1) is 4.13 Å². The van der Waals surface area contributed by atoms with Gasteiger partial charge in [-0.25, -0.2) is 16.8 Å². The summed E-state index contributed by atoms with van der Waals surface area (Å²) in [5.74, 6) is 0.253. The summed E-state index contributed by atoms with van der Waals surface area (Å²) in [6, 6.07) is 0. The van der Waals surface area contributed by atoms with Crippen molar-refractivity contribution >= 4 is 31.8 Å². The fourth-order valence-corrected chi connectivity index (χ4v) is 7.86. The summed E-state index contributed by atoms with van der Waals surface area (Å²) in [6.07, 6.45) is 8.48. The van der Waals surface area contributed by atoms with Crippen LogP contribution >= 0.6 is 11.8 Å². The van der Waals surface area contributed by atoms with Gasteiger partial charge in [-0.2, -0.15) is 11.8 Å². The monoisotopic (exact) mass is 341 g/mol. The molecule has 8 heteroatoms. The van der Waals surface area contributed by atoms with Crippen LogP contribution < -0.4 is 4.13 Å². The second-order valence-corrected chi connectivity index (χ2v) is 11.0. The minimum Gasteiger partial charge on any atom is -0.211 e. The first-order valence-corrected chi connectivity index (χ1v) is 11.6. The smallest absolute Gasteiger partial charge is 0.211 e. The summed E-state index contributed by atoms with van der Waals surface area (Å²) in [5.41, 5.74) is 0.379. The summed E-state index contributed by atoms with van der Waals surface area (Å²) in [5, 5.41) is -0.544. The molecule has 0 saturated heterocycles. The summed E-state index contributed by atoms with van der Waals surface area (Å²) < 4.78 is 49.8. The Morgan fingerprint density at radius 2 is 1.70 bits per heavy atom. The van der Waals surface area contributed by atoms with Gasteiger partial charge in [0, 0.05) is 5.75 Å². The lowest BCUT2D eigenvalue weighted by atomic mass is 9.61. The second kappa shape index (κ2) is 6.14. The molecule has 1 spiro atoms. The molecule has 2 aliphatic rings.